The summed E-state index contributed by atoms with van der Waals surface area (Å²) in [6.45, 7) is 0. The lowest BCUT2D eigenvalue weighted by atomic mass is 10.1. The van der Waals surface area contributed by atoms with E-state index in [1.807, 2.05) is 0 Å². The van der Waals surface area contributed by atoms with E-state index in [1.54, 1.807) is 66.7 Å². The van der Waals surface area contributed by atoms with Gasteiger partial charge in [0.1, 0.15) is 11.6 Å². The highest BCUT2D eigenvalue weighted by atomic mass is 79.9. The number of hydrogen-bond acceptors (Lipinski definition) is 3. The lowest BCUT2D eigenvalue weighted by Crippen LogP contribution is -2.08. The molecule has 0 spiro atoms. The van der Waals surface area contributed by atoms with Crippen LogP contribution in [0.25, 0.3) is 6.08 Å². The second kappa shape index (κ2) is 8.56. The first kappa shape index (κ1) is 18.7. The van der Waals surface area contributed by atoms with E-state index in [4.69, 9.17) is 4.74 Å². The van der Waals surface area contributed by atoms with Gasteiger partial charge in [0.25, 0.3) is 0 Å². The van der Waals surface area contributed by atoms with Gasteiger partial charge in [-0.15, -0.1) is 0 Å². The number of ketones is 1. The quantitative estimate of drug-likeness (QED) is 0.228. The molecule has 3 aromatic rings. The molecular weight excluding hydrogens is 411 g/mol. The Kier molecular flexibility index (Phi) is 5.94. The zero-order chi connectivity index (χ0) is 19.2. The first-order valence-electron chi connectivity index (χ1n) is 8.07. The van der Waals surface area contributed by atoms with E-state index in [0.29, 0.717) is 16.9 Å². The van der Waals surface area contributed by atoms with Gasteiger partial charge in [-0.2, -0.15) is 0 Å². The minimum atomic E-state index is -0.474. The molecule has 0 saturated carbocycles. The minimum Gasteiger partial charge on any atom is -0.423 e. The van der Waals surface area contributed by atoms with Crippen molar-refractivity contribution in [3.8, 4) is 5.75 Å². The van der Waals surface area contributed by atoms with E-state index >= 15 is 0 Å². The lowest BCUT2D eigenvalue weighted by Gasteiger charge is -2.05. The van der Waals surface area contributed by atoms with E-state index in [2.05, 4.69) is 15.9 Å². The Hall–Kier alpha value is -3.05. The number of esters is 1. The first-order valence-corrected chi connectivity index (χ1v) is 8.86. The van der Waals surface area contributed by atoms with E-state index < -0.39 is 5.97 Å². The molecule has 0 bridgehead atoms. The third kappa shape index (κ3) is 5.21. The maximum absolute atomic E-state index is 12.9. The van der Waals surface area contributed by atoms with Crippen molar-refractivity contribution in [1.29, 1.82) is 0 Å². The number of allylic oxidation sites excluding steroid dienone is 1. The Labute approximate surface area is 164 Å². The molecule has 3 nitrogen and oxygen atoms in total. The molecule has 134 valence electrons. The van der Waals surface area contributed by atoms with Gasteiger partial charge in [0, 0.05) is 10.0 Å². The summed E-state index contributed by atoms with van der Waals surface area (Å²) in [5.74, 6) is -0.656. The monoisotopic (exact) mass is 424 g/mol. The Morgan fingerprint density at radius 3 is 2.04 bits per heavy atom. The summed E-state index contributed by atoms with van der Waals surface area (Å²) in [6, 6.07) is 19.0. The molecule has 0 N–H and O–H groups in total. The second-order valence-corrected chi connectivity index (χ2v) is 6.59. The zero-order valence-electron chi connectivity index (χ0n) is 14.1. The predicted molar refractivity (Wildman–Crippen MR) is 105 cm³/mol. The van der Waals surface area contributed by atoms with Crippen molar-refractivity contribution in [2.75, 3.05) is 0 Å². The predicted octanol–water partition coefficient (Wildman–Crippen LogP) is 5.70. The fourth-order valence-electron chi connectivity index (χ4n) is 2.28. The van der Waals surface area contributed by atoms with Gasteiger partial charge < -0.3 is 4.74 Å². The molecule has 0 unspecified atom stereocenters. The molecule has 3 rings (SSSR count). The molecule has 0 saturated heterocycles. The van der Waals surface area contributed by atoms with Crippen LogP contribution in [0.2, 0.25) is 0 Å². The Morgan fingerprint density at radius 2 is 1.41 bits per heavy atom. The van der Waals surface area contributed by atoms with Gasteiger partial charge in [-0.1, -0.05) is 34.1 Å². The summed E-state index contributed by atoms with van der Waals surface area (Å²) in [7, 11) is 0. The highest BCUT2D eigenvalue weighted by Crippen LogP contribution is 2.17. The van der Waals surface area contributed by atoms with Gasteiger partial charge in [0.15, 0.2) is 5.78 Å². The number of benzene rings is 3. The molecule has 0 fully saturated rings. The van der Waals surface area contributed by atoms with Crippen molar-refractivity contribution in [3.05, 3.63) is 106 Å². The van der Waals surface area contributed by atoms with E-state index in [0.717, 1.165) is 10.0 Å². The lowest BCUT2D eigenvalue weighted by molar-refractivity contribution is 0.0734. The normalized spacial score (nSPS) is 10.7. The maximum atomic E-state index is 12.9. The van der Waals surface area contributed by atoms with Crippen molar-refractivity contribution in [1.82, 2.24) is 0 Å². The molecule has 0 aliphatic carbocycles. The van der Waals surface area contributed by atoms with Crippen molar-refractivity contribution < 1.29 is 18.7 Å². The third-order valence-corrected chi connectivity index (χ3v) is 4.26. The second-order valence-electron chi connectivity index (χ2n) is 5.67. The van der Waals surface area contributed by atoms with Crippen LogP contribution in [-0.2, 0) is 0 Å². The van der Waals surface area contributed by atoms with Crippen LogP contribution in [0, 0.1) is 5.82 Å². The third-order valence-electron chi connectivity index (χ3n) is 3.73. The van der Waals surface area contributed by atoms with Crippen molar-refractivity contribution in [3.63, 3.8) is 0 Å². The number of carbonyl (C=O) groups excluding carboxylic acids is 2. The van der Waals surface area contributed by atoms with Gasteiger partial charge in [0.2, 0.25) is 0 Å². The molecule has 5 heteroatoms. The molecule has 3 aromatic carbocycles. The van der Waals surface area contributed by atoms with Crippen LogP contribution in [0.3, 0.4) is 0 Å². The van der Waals surface area contributed by atoms with E-state index in [-0.39, 0.29) is 11.6 Å². The smallest absolute Gasteiger partial charge is 0.343 e. The van der Waals surface area contributed by atoms with Crippen LogP contribution in [0.4, 0.5) is 4.39 Å². The van der Waals surface area contributed by atoms with Gasteiger partial charge in [-0.25, -0.2) is 9.18 Å². The molecule has 27 heavy (non-hydrogen) atoms. The molecule has 0 aromatic heterocycles. The molecule has 0 aliphatic heterocycles. The largest absolute Gasteiger partial charge is 0.423 e. The highest BCUT2D eigenvalue weighted by Gasteiger charge is 2.09. The number of ether oxygens (including phenoxy) is 1. The molecule has 0 aliphatic rings. The van der Waals surface area contributed by atoms with E-state index in [1.165, 1.54) is 18.2 Å². The van der Waals surface area contributed by atoms with Crippen LogP contribution in [0.5, 0.6) is 5.75 Å². The van der Waals surface area contributed by atoms with Gasteiger partial charge >= 0.3 is 5.97 Å². The highest BCUT2D eigenvalue weighted by molar-refractivity contribution is 9.10. The number of rotatable bonds is 5. The van der Waals surface area contributed by atoms with Crippen molar-refractivity contribution >= 4 is 33.8 Å². The SMILES string of the molecule is O=C(/C=C/c1ccc(F)cc1)c1ccc(OC(=O)c2ccc(Br)cc2)cc1. The fourth-order valence-corrected chi connectivity index (χ4v) is 2.55. The molecular formula is C22H14BrFO3. The number of hydrogen-bond donors (Lipinski definition) is 0. The Morgan fingerprint density at radius 1 is 0.815 bits per heavy atom. The summed E-state index contributed by atoms with van der Waals surface area (Å²) in [6.07, 6.45) is 3.03. The minimum absolute atomic E-state index is 0.204. The van der Waals surface area contributed by atoms with Gasteiger partial charge in [-0.3, -0.25) is 4.79 Å². The Balaban J connectivity index is 1.64. The first-order chi connectivity index (χ1) is 13.0. The molecule has 0 heterocycles. The summed E-state index contributed by atoms with van der Waals surface area (Å²) in [5, 5.41) is 0. The summed E-state index contributed by atoms with van der Waals surface area (Å²) in [4.78, 5) is 24.3. The zero-order valence-corrected chi connectivity index (χ0v) is 15.6. The van der Waals surface area contributed by atoms with Crippen molar-refractivity contribution in [2.24, 2.45) is 0 Å². The Bertz CT molecular complexity index is 976. The van der Waals surface area contributed by atoms with Crippen LogP contribution in [-0.4, -0.2) is 11.8 Å². The molecule has 0 radical (unpaired) electrons. The topological polar surface area (TPSA) is 43.4 Å². The number of carbonyl (C=O) groups is 2. The van der Waals surface area contributed by atoms with Crippen molar-refractivity contribution in [2.45, 2.75) is 0 Å². The molecule has 0 amide bonds. The number of halogens is 2. The van der Waals surface area contributed by atoms with Gasteiger partial charge in [-0.05, 0) is 72.3 Å². The van der Waals surface area contributed by atoms with Crippen LogP contribution in [0.15, 0.2) is 83.3 Å². The van der Waals surface area contributed by atoms with E-state index in [9.17, 15) is 14.0 Å². The molecule has 0 atom stereocenters. The van der Waals surface area contributed by atoms with Crippen LogP contribution < -0.4 is 4.74 Å². The fraction of sp³-hybridized carbons (Fsp3) is 0. The van der Waals surface area contributed by atoms with Gasteiger partial charge in [0.05, 0.1) is 5.56 Å². The standard InChI is InChI=1S/C22H14BrFO3/c23-18-8-4-17(5-9-18)22(26)27-20-12-6-16(7-13-20)21(25)14-3-15-1-10-19(24)11-2-15/h1-14H/b14-3+. The summed E-state index contributed by atoms with van der Waals surface area (Å²) >= 11 is 3.31. The average Bonchev–Trinajstić information content (AvgIpc) is 2.68. The van der Waals surface area contributed by atoms with Crippen LogP contribution >= 0.6 is 15.9 Å². The average molecular weight is 425 g/mol. The maximum Gasteiger partial charge on any atom is 0.343 e. The summed E-state index contributed by atoms with van der Waals surface area (Å²) in [5.41, 5.74) is 1.61. The summed E-state index contributed by atoms with van der Waals surface area (Å²) < 4.78 is 19.0. The van der Waals surface area contributed by atoms with Crippen LogP contribution in [0.1, 0.15) is 26.3 Å².